The quantitative estimate of drug-likeness (QED) is 0.862. The topological polar surface area (TPSA) is 84.4 Å². The SMILES string of the molecule is CCOc1cc(-c2ncc(C(=O)O)[nH]2)ccc1OC. The number of hydrogen-bond donors (Lipinski definition) is 2. The van der Waals surface area contributed by atoms with E-state index < -0.39 is 5.97 Å². The van der Waals surface area contributed by atoms with E-state index >= 15 is 0 Å². The molecule has 0 amide bonds. The summed E-state index contributed by atoms with van der Waals surface area (Å²) >= 11 is 0. The Kier molecular flexibility index (Phi) is 3.70. The smallest absolute Gasteiger partial charge is 0.353 e. The van der Waals surface area contributed by atoms with Crippen LogP contribution in [0.4, 0.5) is 0 Å². The molecule has 2 aromatic rings. The number of carbonyl (C=O) groups is 1. The van der Waals surface area contributed by atoms with Gasteiger partial charge in [-0.25, -0.2) is 9.78 Å². The molecule has 6 heteroatoms. The number of carboxylic acids is 1. The number of methoxy groups -OCH3 is 1. The van der Waals surface area contributed by atoms with Crippen LogP contribution in [0.5, 0.6) is 11.5 Å². The Morgan fingerprint density at radius 3 is 2.79 bits per heavy atom. The van der Waals surface area contributed by atoms with Crippen LogP contribution in [0.15, 0.2) is 24.4 Å². The summed E-state index contributed by atoms with van der Waals surface area (Å²) in [6, 6.07) is 5.29. The van der Waals surface area contributed by atoms with Gasteiger partial charge in [-0.15, -0.1) is 0 Å². The molecule has 1 heterocycles. The van der Waals surface area contributed by atoms with Crippen LogP contribution < -0.4 is 9.47 Å². The number of aromatic carboxylic acids is 1. The number of hydrogen-bond acceptors (Lipinski definition) is 4. The van der Waals surface area contributed by atoms with Gasteiger partial charge < -0.3 is 19.6 Å². The predicted molar refractivity (Wildman–Crippen MR) is 68.7 cm³/mol. The molecule has 1 aromatic carbocycles. The molecule has 0 aliphatic rings. The van der Waals surface area contributed by atoms with Gasteiger partial charge in [0, 0.05) is 5.56 Å². The summed E-state index contributed by atoms with van der Waals surface area (Å²) in [6.07, 6.45) is 1.28. The minimum atomic E-state index is -1.04. The van der Waals surface area contributed by atoms with E-state index in [1.165, 1.54) is 6.20 Å². The maximum atomic E-state index is 10.8. The number of rotatable bonds is 5. The van der Waals surface area contributed by atoms with Gasteiger partial charge in [-0.1, -0.05) is 0 Å². The molecule has 0 spiro atoms. The lowest BCUT2D eigenvalue weighted by atomic mass is 10.2. The average Bonchev–Trinajstić information content (AvgIpc) is 2.89. The van der Waals surface area contributed by atoms with Crippen LogP contribution in [0.3, 0.4) is 0 Å². The first-order valence-electron chi connectivity index (χ1n) is 5.75. The van der Waals surface area contributed by atoms with Crippen molar-refractivity contribution in [2.45, 2.75) is 6.92 Å². The molecule has 2 N–H and O–H groups in total. The number of imidazole rings is 1. The number of nitrogens with zero attached hydrogens (tertiary/aromatic N) is 1. The number of H-pyrrole nitrogens is 1. The van der Waals surface area contributed by atoms with Gasteiger partial charge in [-0.3, -0.25) is 0 Å². The fourth-order valence-corrected chi connectivity index (χ4v) is 1.67. The minimum Gasteiger partial charge on any atom is -0.493 e. The van der Waals surface area contributed by atoms with Crippen LogP contribution in [-0.4, -0.2) is 34.8 Å². The standard InChI is InChI=1S/C13H14N2O4/c1-3-19-11-6-8(4-5-10(11)18-2)12-14-7-9(15-12)13(16)17/h4-7H,3H2,1-2H3,(H,14,15)(H,16,17). The molecule has 0 fully saturated rings. The summed E-state index contributed by atoms with van der Waals surface area (Å²) in [5, 5.41) is 8.85. The lowest BCUT2D eigenvalue weighted by Gasteiger charge is -2.10. The Balaban J connectivity index is 2.38. The lowest BCUT2D eigenvalue weighted by Crippen LogP contribution is -1.97. The van der Waals surface area contributed by atoms with Crippen LogP contribution in [-0.2, 0) is 0 Å². The first-order valence-corrected chi connectivity index (χ1v) is 5.75. The highest BCUT2D eigenvalue weighted by atomic mass is 16.5. The molecule has 0 saturated carbocycles. The van der Waals surface area contributed by atoms with Gasteiger partial charge in [0.2, 0.25) is 0 Å². The van der Waals surface area contributed by atoms with E-state index in [4.69, 9.17) is 14.6 Å². The third-order valence-corrected chi connectivity index (χ3v) is 2.54. The molecule has 0 unspecified atom stereocenters. The van der Waals surface area contributed by atoms with Crippen molar-refractivity contribution in [1.29, 1.82) is 0 Å². The fourth-order valence-electron chi connectivity index (χ4n) is 1.67. The summed E-state index contributed by atoms with van der Waals surface area (Å²) in [5.74, 6) is 0.643. The number of nitrogens with one attached hydrogen (secondary N) is 1. The van der Waals surface area contributed by atoms with E-state index in [-0.39, 0.29) is 5.69 Å². The van der Waals surface area contributed by atoms with Gasteiger partial charge in [0.1, 0.15) is 11.5 Å². The largest absolute Gasteiger partial charge is 0.493 e. The van der Waals surface area contributed by atoms with E-state index in [9.17, 15) is 4.79 Å². The van der Waals surface area contributed by atoms with Crippen molar-refractivity contribution in [3.63, 3.8) is 0 Å². The van der Waals surface area contributed by atoms with Gasteiger partial charge in [-0.2, -0.15) is 0 Å². The molecule has 6 nitrogen and oxygen atoms in total. The normalized spacial score (nSPS) is 10.2. The van der Waals surface area contributed by atoms with Crippen molar-refractivity contribution >= 4 is 5.97 Å². The van der Waals surface area contributed by atoms with Crippen LogP contribution in [0, 0.1) is 0 Å². The van der Waals surface area contributed by atoms with Crippen LogP contribution in [0.2, 0.25) is 0 Å². The van der Waals surface area contributed by atoms with Gasteiger partial charge in [0.15, 0.2) is 11.5 Å². The molecular weight excluding hydrogens is 248 g/mol. The Labute approximate surface area is 110 Å². The zero-order chi connectivity index (χ0) is 13.8. The molecule has 0 aliphatic heterocycles. The highest BCUT2D eigenvalue weighted by Crippen LogP contribution is 2.31. The average molecular weight is 262 g/mol. The third kappa shape index (κ3) is 2.67. The van der Waals surface area contributed by atoms with E-state index in [0.29, 0.717) is 23.9 Å². The number of ether oxygens (including phenoxy) is 2. The zero-order valence-corrected chi connectivity index (χ0v) is 10.6. The molecule has 0 atom stereocenters. The van der Waals surface area contributed by atoms with Crippen LogP contribution >= 0.6 is 0 Å². The van der Waals surface area contributed by atoms with Crippen LogP contribution in [0.1, 0.15) is 17.4 Å². The lowest BCUT2D eigenvalue weighted by molar-refractivity contribution is 0.0691. The molecule has 2 rings (SSSR count). The second-order valence-corrected chi connectivity index (χ2v) is 3.75. The van der Waals surface area contributed by atoms with E-state index in [0.717, 1.165) is 5.56 Å². The maximum absolute atomic E-state index is 10.8. The minimum absolute atomic E-state index is 0.0452. The summed E-state index contributed by atoms with van der Waals surface area (Å²) in [5.41, 5.74) is 0.778. The highest BCUT2D eigenvalue weighted by Gasteiger charge is 2.11. The summed E-state index contributed by atoms with van der Waals surface area (Å²) in [4.78, 5) is 17.6. The Morgan fingerprint density at radius 2 is 2.21 bits per heavy atom. The number of carboxylic acid groups (broad SMARTS) is 1. The monoisotopic (exact) mass is 262 g/mol. The number of aromatic nitrogens is 2. The molecule has 100 valence electrons. The first-order chi connectivity index (χ1) is 9.15. The summed E-state index contributed by atoms with van der Waals surface area (Å²) in [6.45, 7) is 2.39. The third-order valence-electron chi connectivity index (χ3n) is 2.54. The van der Waals surface area contributed by atoms with Crippen molar-refractivity contribution in [2.24, 2.45) is 0 Å². The van der Waals surface area contributed by atoms with Crippen molar-refractivity contribution in [3.05, 3.63) is 30.1 Å². The molecule has 19 heavy (non-hydrogen) atoms. The number of aromatic amines is 1. The second kappa shape index (κ2) is 5.43. The molecular formula is C13H14N2O4. The summed E-state index contributed by atoms with van der Waals surface area (Å²) in [7, 11) is 1.56. The van der Waals surface area contributed by atoms with Crippen molar-refractivity contribution in [3.8, 4) is 22.9 Å². The molecule has 0 bridgehead atoms. The Bertz CT molecular complexity index is 592. The van der Waals surface area contributed by atoms with Crippen molar-refractivity contribution in [2.75, 3.05) is 13.7 Å². The predicted octanol–water partition coefficient (Wildman–Crippen LogP) is 2.18. The molecule has 1 aromatic heterocycles. The van der Waals surface area contributed by atoms with E-state index in [1.807, 2.05) is 6.92 Å². The highest BCUT2D eigenvalue weighted by molar-refractivity contribution is 5.85. The molecule has 0 saturated heterocycles. The van der Waals surface area contributed by atoms with Crippen LogP contribution in [0.25, 0.3) is 11.4 Å². The molecule has 0 aliphatic carbocycles. The fraction of sp³-hybridized carbons (Fsp3) is 0.231. The summed E-state index contributed by atoms with van der Waals surface area (Å²) < 4.78 is 10.6. The van der Waals surface area contributed by atoms with Gasteiger partial charge in [0.05, 0.1) is 19.9 Å². The Morgan fingerprint density at radius 1 is 1.42 bits per heavy atom. The van der Waals surface area contributed by atoms with Gasteiger partial charge in [0.25, 0.3) is 0 Å². The van der Waals surface area contributed by atoms with Gasteiger partial charge in [-0.05, 0) is 25.1 Å². The van der Waals surface area contributed by atoms with Crippen molar-refractivity contribution in [1.82, 2.24) is 9.97 Å². The Hall–Kier alpha value is -2.50. The number of benzene rings is 1. The zero-order valence-electron chi connectivity index (χ0n) is 10.6. The van der Waals surface area contributed by atoms with Crippen molar-refractivity contribution < 1.29 is 19.4 Å². The molecule has 0 radical (unpaired) electrons. The second-order valence-electron chi connectivity index (χ2n) is 3.75. The maximum Gasteiger partial charge on any atom is 0.353 e. The van der Waals surface area contributed by atoms with E-state index in [2.05, 4.69) is 9.97 Å². The first kappa shape index (κ1) is 12.9. The van der Waals surface area contributed by atoms with E-state index in [1.54, 1.807) is 25.3 Å². The van der Waals surface area contributed by atoms with Gasteiger partial charge >= 0.3 is 5.97 Å².